The maximum absolute atomic E-state index is 12.3. The van der Waals surface area contributed by atoms with Gasteiger partial charge in [-0.05, 0) is 53.4 Å². The molecule has 0 saturated carbocycles. The van der Waals surface area contributed by atoms with Crippen LogP contribution in [-0.2, 0) is 10.0 Å². The summed E-state index contributed by atoms with van der Waals surface area (Å²) in [6.07, 6.45) is 1.88. The molecule has 0 unspecified atom stereocenters. The van der Waals surface area contributed by atoms with Crippen molar-refractivity contribution in [2.75, 3.05) is 26.0 Å². The number of nitrogens with zero attached hydrogens (tertiary/aromatic N) is 1. The lowest BCUT2D eigenvalue weighted by Gasteiger charge is -2.31. The van der Waals surface area contributed by atoms with Crippen molar-refractivity contribution in [2.24, 2.45) is 0 Å². The summed E-state index contributed by atoms with van der Waals surface area (Å²) in [6.45, 7) is 2.77. The summed E-state index contributed by atoms with van der Waals surface area (Å²) in [5.41, 5.74) is 0.545. The Kier molecular flexibility index (Phi) is 6.65. The number of hydrogen-bond donors (Lipinski definition) is 1. The molecule has 0 aliphatic carbocycles. The third-order valence-corrected chi connectivity index (χ3v) is 6.75. The third kappa shape index (κ3) is 4.70. The van der Waals surface area contributed by atoms with Gasteiger partial charge >= 0.3 is 0 Å². The van der Waals surface area contributed by atoms with E-state index >= 15 is 0 Å². The number of ether oxygens (including phenoxy) is 1. The number of halogens is 1. The summed E-state index contributed by atoms with van der Waals surface area (Å²) in [5, 5.41) is 2.98. The molecule has 1 aliphatic heterocycles. The molecule has 1 N–H and O–H groups in total. The molecule has 24 heavy (non-hydrogen) atoms. The Morgan fingerprint density at radius 2 is 2.04 bits per heavy atom. The zero-order chi connectivity index (χ0) is 17.7. The molecular weight excluding hydrogens is 396 g/mol. The van der Waals surface area contributed by atoms with Gasteiger partial charge in [-0.25, -0.2) is 12.7 Å². The average Bonchev–Trinajstić information content (AvgIpc) is 2.55. The van der Waals surface area contributed by atoms with E-state index in [1.54, 1.807) is 25.3 Å². The molecule has 0 spiro atoms. The van der Waals surface area contributed by atoms with Crippen molar-refractivity contribution >= 4 is 31.9 Å². The third-order valence-electron chi connectivity index (χ3n) is 4.06. The van der Waals surface area contributed by atoms with Crippen LogP contribution >= 0.6 is 15.9 Å². The topological polar surface area (TPSA) is 75.7 Å². The number of piperidine rings is 1. The van der Waals surface area contributed by atoms with Crippen molar-refractivity contribution < 1.29 is 17.9 Å². The second-order valence-electron chi connectivity index (χ2n) is 5.81. The zero-order valence-corrected chi connectivity index (χ0v) is 16.3. The first-order valence-electron chi connectivity index (χ1n) is 7.99. The number of carbonyl (C=O) groups excluding carboxylic acids is 1. The van der Waals surface area contributed by atoms with Crippen molar-refractivity contribution in [1.29, 1.82) is 0 Å². The van der Waals surface area contributed by atoms with Crippen LogP contribution in [0.25, 0.3) is 0 Å². The van der Waals surface area contributed by atoms with E-state index in [-0.39, 0.29) is 17.7 Å². The number of amides is 1. The van der Waals surface area contributed by atoms with E-state index in [4.69, 9.17) is 4.74 Å². The summed E-state index contributed by atoms with van der Waals surface area (Å²) in [4.78, 5) is 12.3. The number of hydrogen-bond acceptors (Lipinski definition) is 4. The van der Waals surface area contributed by atoms with Crippen LogP contribution < -0.4 is 10.1 Å². The average molecular weight is 419 g/mol. The van der Waals surface area contributed by atoms with Crippen LogP contribution in [0.15, 0.2) is 22.7 Å². The van der Waals surface area contributed by atoms with E-state index in [0.29, 0.717) is 43.7 Å². The van der Waals surface area contributed by atoms with E-state index in [2.05, 4.69) is 21.2 Å². The summed E-state index contributed by atoms with van der Waals surface area (Å²) in [7, 11) is -1.58. The molecule has 1 amide bonds. The highest BCUT2D eigenvalue weighted by atomic mass is 79.9. The largest absolute Gasteiger partial charge is 0.496 e. The molecular formula is C16H23BrN2O4S. The maximum Gasteiger partial charge on any atom is 0.251 e. The molecule has 2 rings (SSSR count). The molecule has 1 aromatic rings. The summed E-state index contributed by atoms with van der Waals surface area (Å²) < 4.78 is 31.5. The van der Waals surface area contributed by atoms with Gasteiger partial charge in [-0.15, -0.1) is 0 Å². The smallest absolute Gasteiger partial charge is 0.251 e. The van der Waals surface area contributed by atoms with Crippen molar-refractivity contribution in [3.63, 3.8) is 0 Å². The predicted molar refractivity (Wildman–Crippen MR) is 96.8 cm³/mol. The molecule has 8 heteroatoms. The quantitative estimate of drug-likeness (QED) is 0.769. The lowest BCUT2D eigenvalue weighted by atomic mass is 10.1. The highest BCUT2D eigenvalue weighted by Crippen LogP contribution is 2.25. The van der Waals surface area contributed by atoms with E-state index in [9.17, 15) is 13.2 Å². The van der Waals surface area contributed by atoms with Crippen LogP contribution in [-0.4, -0.2) is 50.6 Å². The second-order valence-corrected chi connectivity index (χ2v) is 8.75. The molecule has 1 fully saturated rings. The minimum Gasteiger partial charge on any atom is -0.496 e. The molecule has 1 heterocycles. The van der Waals surface area contributed by atoms with Gasteiger partial charge in [-0.2, -0.15) is 0 Å². The minimum atomic E-state index is -3.15. The number of rotatable bonds is 6. The first-order chi connectivity index (χ1) is 11.4. The zero-order valence-electron chi connectivity index (χ0n) is 13.9. The van der Waals surface area contributed by atoms with E-state index in [1.807, 2.05) is 6.92 Å². The Labute approximate surface area is 151 Å². The molecule has 1 saturated heterocycles. The van der Waals surface area contributed by atoms with Crippen LogP contribution in [0.3, 0.4) is 0 Å². The van der Waals surface area contributed by atoms with Crippen molar-refractivity contribution in [1.82, 2.24) is 9.62 Å². The highest BCUT2D eigenvalue weighted by Gasteiger charge is 2.28. The fourth-order valence-electron chi connectivity index (χ4n) is 2.74. The summed E-state index contributed by atoms with van der Waals surface area (Å²) in [6, 6.07) is 5.15. The van der Waals surface area contributed by atoms with Gasteiger partial charge in [0.05, 0.1) is 17.3 Å². The van der Waals surface area contributed by atoms with E-state index in [0.717, 1.165) is 4.47 Å². The first kappa shape index (κ1) is 19.2. The van der Waals surface area contributed by atoms with E-state index < -0.39 is 10.0 Å². The molecule has 0 aromatic heterocycles. The first-order valence-corrected chi connectivity index (χ1v) is 10.4. The van der Waals surface area contributed by atoms with Crippen LogP contribution in [0, 0.1) is 0 Å². The molecule has 134 valence electrons. The highest BCUT2D eigenvalue weighted by molar-refractivity contribution is 9.10. The van der Waals surface area contributed by atoms with Gasteiger partial charge in [0.1, 0.15) is 5.75 Å². The maximum atomic E-state index is 12.3. The summed E-state index contributed by atoms with van der Waals surface area (Å²) in [5.74, 6) is 0.693. The molecule has 1 aliphatic rings. The fraction of sp³-hybridized carbons (Fsp3) is 0.562. The van der Waals surface area contributed by atoms with Gasteiger partial charge in [-0.3, -0.25) is 4.79 Å². The molecule has 1 aromatic carbocycles. The van der Waals surface area contributed by atoms with Gasteiger partial charge in [0.2, 0.25) is 10.0 Å². The van der Waals surface area contributed by atoms with Gasteiger partial charge in [-0.1, -0.05) is 6.92 Å². The normalized spacial score (nSPS) is 16.8. The Morgan fingerprint density at radius 1 is 1.38 bits per heavy atom. The number of benzene rings is 1. The summed E-state index contributed by atoms with van der Waals surface area (Å²) >= 11 is 3.37. The Hall–Kier alpha value is -1.12. The van der Waals surface area contributed by atoms with Crippen molar-refractivity contribution in [2.45, 2.75) is 32.2 Å². The van der Waals surface area contributed by atoms with Gasteiger partial charge < -0.3 is 10.1 Å². The van der Waals surface area contributed by atoms with Crippen molar-refractivity contribution in [3.8, 4) is 5.75 Å². The SMILES string of the molecule is CCCS(=O)(=O)N1CCC(NC(=O)c2ccc(OC)c(Br)c2)CC1. The standard InChI is InChI=1S/C16H23BrN2O4S/c1-3-10-24(21,22)19-8-6-13(7-9-19)18-16(20)12-4-5-15(23-2)14(17)11-12/h4-5,11,13H,3,6-10H2,1-2H3,(H,18,20). The minimum absolute atomic E-state index is 0.00791. The number of carbonyl (C=O) groups is 1. The lowest BCUT2D eigenvalue weighted by molar-refractivity contribution is 0.0923. The number of nitrogens with one attached hydrogen (secondary N) is 1. The van der Waals surface area contributed by atoms with Gasteiger partial charge in [0, 0.05) is 24.7 Å². The Morgan fingerprint density at radius 3 is 2.58 bits per heavy atom. The molecule has 0 atom stereocenters. The van der Waals surface area contributed by atoms with Crippen LogP contribution in [0.2, 0.25) is 0 Å². The van der Waals surface area contributed by atoms with E-state index in [1.165, 1.54) is 4.31 Å². The fourth-order valence-corrected chi connectivity index (χ4v) is 4.82. The number of methoxy groups -OCH3 is 1. The molecule has 0 bridgehead atoms. The van der Waals surface area contributed by atoms with Crippen LogP contribution in [0.1, 0.15) is 36.5 Å². The van der Waals surface area contributed by atoms with Crippen LogP contribution in [0.4, 0.5) is 0 Å². The van der Waals surface area contributed by atoms with Crippen LogP contribution in [0.5, 0.6) is 5.75 Å². The predicted octanol–water partition coefficient (Wildman–Crippen LogP) is 2.39. The lowest BCUT2D eigenvalue weighted by Crippen LogP contribution is -2.47. The number of sulfonamides is 1. The van der Waals surface area contributed by atoms with Crippen molar-refractivity contribution in [3.05, 3.63) is 28.2 Å². The monoisotopic (exact) mass is 418 g/mol. The second kappa shape index (κ2) is 8.31. The molecule has 6 nitrogen and oxygen atoms in total. The van der Waals surface area contributed by atoms with Gasteiger partial charge in [0.15, 0.2) is 0 Å². The van der Waals surface area contributed by atoms with Gasteiger partial charge in [0.25, 0.3) is 5.91 Å². The Balaban J connectivity index is 1.92. The Bertz CT molecular complexity index is 685. The molecule has 0 radical (unpaired) electrons.